The van der Waals surface area contributed by atoms with Gasteiger partial charge < -0.3 is 4.74 Å². The highest BCUT2D eigenvalue weighted by atomic mass is 16.5. The van der Waals surface area contributed by atoms with E-state index in [1.165, 1.54) is 6.42 Å². The van der Waals surface area contributed by atoms with Crippen LogP contribution in [0.25, 0.3) is 0 Å². The van der Waals surface area contributed by atoms with Crippen molar-refractivity contribution in [2.75, 3.05) is 13.7 Å². The summed E-state index contributed by atoms with van der Waals surface area (Å²) in [5.74, 6) is 0.830. The summed E-state index contributed by atoms with van der Waals surface area (Å²) in [6.07, 6.45) is 2.70. The molecule has 1 N–H and O–H groups in total. The molecule has 54 valence electrons. The lowest BCUT2D eigenvalue weighted by Gasteiger charge is -2.26. The third kappa shape index (κ3) is 1.95. The molecule has 1 aliphatic rings. The van der Waals surface area contributed by atoms with E-state index in [0.717, 1.165) is 18.9 Å². The summed E-state index contributed by atoms with van der Waals surface area (Å²) in [6.45, 7) is 3.19. The maximum Gasteiger partial charge on any atom is 0.108 e. The predicted octanol–water partition coefficient (Wildman–Crippen LogP) is 0.978. The Hall–Kier alpha value is -0.0800. The Morgan fingerprint density at radius 2 is 2.33 bits per heavy atom. The van der Waals surface area contributed by atoms with Crippen molar-refractivity contribution in [3.63, 3.8) is 0 Å². The Labute approximate surface area is 56.6 Å². The quantitative estimate of drug-likeness (QED) is 0.570. The standard InChI is InChI=1S/C7H15NO/c1-6-3-4-9-7(5-6)8-2/h6-8H,3-5H2,1-2H3/t6-,7+/m1/s1. The van der Waals surface area contributed by atoms with Crippen molar-refractivity contribution in [2.45, 2.75) is 26.0 Å². The van der Waals surface area contributed by atoms with E-state index in [-0.39, 0.29) is 0 Å². The van der Waals surface area contributed by atoms with Crippen molar-refractivity contribution >= 4 is 0 Å². The van der Waals surface area contributed by atoms with Gasteiger partial charge in [0.1, 0.15) is 6.23 Å². The Morgan fingerprint density at radius 3 is 2.78 bits per heavy atom. The maximum atomic E-state index is 5.39. The van der Waals surface area contributed by atoms with Crippen LogP contribution in [0.2, 0.25) is 0 Å². The summed E-state index contributed by atoms with van der Waals surface area (Å²) >= 11 is 0. The molecule has 0 aliphatic carbocycles. The van der Waals surface area contributed by atoms with Crippen LogP contribution in [0, 0.1) is 5.92 Å². The molecule has 1 saturated heterocycles. The van der Waals surface area contributed by atoms with Gasteiger partial charge in [-0.25, -0.2) is 0 Å². The van der Waals surface area contributed by atoms with Crippen LogP contribution in [-0.2, 0) is 4.74 Å². The molecule has 0 bridgehead atoms. The predicted molar refractivity (Wildman–Crippen MR) is 37.2 cm³/mol. The monoisotopic (exact) mass is 129 g/mol. The summed E-state index contributed by atoms with van der Waals surface area (Å²) in [5.41, 5.74) is 0. The first-order valence-corrected chi connectivity index (χ1v) is 3.62. The fourth-order valence-electron chi connectivity index (χ4n) is 1.16. The Kier molecular flexibility index (Phi) is 2.49. The number of ether oxygens (including phenoxy) is 1. The molecule has 0 radical (unpaired) electrons. The topological polar surface area (TPSA) is 21.3 Å². The zero-order chi connectivity index (χ0) is 6.69. The van der Waals surface area contributed by atoms with E-state index in [4.69, 9.17) is 4.74 Å². The van der Waals surface area contributed by atoms with Gasteiger partial charge in [-0.3, -0.25) is 5.32 Å². The molecule has 0 unspecified atom stereocenters. The van der Waals surface area contributed by atoms with Gasteiger partial charge in [0.2, 0.25) is 0 Å². The molecule has 0 aromatic heterocycles. The second-order valence-electron chi connectivity index (χ2n) is 2.78. The minimum absolute atomic E-state index is 0.314. The molecule has 0 aromatic rings. The molecule has 0 aromatic carbocycles. The molecule has 1 heterocycles. The first-order valence-electron chi connectivity index (χ1n) is 3.62. The molecular formula is C7H15NO. The summed E-state index contributed by atoms with van der Waals surface area (Å²) in [4.78, 5) is 0. The summed E-state index contributed by atoms with van der Waals surface area (Å²) in [5, 5.41) is 3.11. The van der Waals surface area contributed by atoms with Crippen molar-refractivity contribution in [1.82, 2.24) is 5.32 Å². The van der Waals surface area contributed by atoms with Crippen molar-refractivity contribution in [1.29, 1.82) is 0 Å². The largest absolute Gasteiger partial charge is 0.363 e. The van der Waals surface area contributed by atoms with Gasteiger partial charge in [0.25, 0.3) is 0 Å². The molecule has 2 atom stereocenters. The van der Waals surface area contributed by atoms with E-state index in [1.54, 1.807) is 0 Å². The van der Waals surface area contributed by atoms with Crippen molar-refractivity contribution < 1.29 is 4.74 Å². The second-order valence-corrected chi connectivity index (χ2v) is 2.78. The minimum atomic E-state index is 0.314. The highest BCUT2D eigenvalue weighted by Crippen LogP contribution is 2.16. The van der Waals surface area contributed by atoms with Crippen LogP contribution in [0.4, 0.5) is 0 Å². The van der Waals surface area contributed by atoms with E-state index in [2.05, 4.69) is 12.2 Å². The fourth-order valence-corrected chi connectivity index (χ4v) is 1.16. The van der Waals surface area contributed by atoms with Crippen LogP contribution >= 0.6 is 0 Å². The zero-order valence-electron chi connectivity index (χ0n) is 6.18. The van der Waals surface area contributed by atoms with Gasteiger partial charge in [-0.05, 0) is 25.8 Å². The number of nitrogens with one attached hydrogen (secondary N) is 1. The smallest absolute Gasteiger partial charge is 0.108 e. The first-order chi connectivity index (χ1) is 4.33. The van der Waals surface area contributed by atoms with Gasteiger partial charge >= 0.3 is 0 Å². The van der Waals surface area contributed by atoms with Crippen LogP contribution < -0.4 is 5.32 Å². The molecule has 1 rings (SSSR count). The summed E-state index contributed by atoms with van der Waals surface area (Å²) in [7, 11) is 1.95. The van der Waals surface area contributed by atoms with E-state index in [1.807, 2.05) is 7.05 Å². The third-order valence-electron chi connectivity index (χ3n) is 1.87. The molecule has 0 amide bonds. The second kappa shape index (κ2) is 3.18. The molecule has 9 heavy (non-hydrogen) atoms. The van der Waals surface area contributed by atoms with Crippen molar-refractivity contribution in [2.24, 2.45) is 5.92 Å². The average Bonchev–Trinajstić information content (AvgIpc) is 1.88. The lowest BCUT2D eigenvalue weighted by atomic mass is 10.0. The van der Waals surface area contributed by atoms with Crippen LogP contribution in [0.15, 0.2) is 0 Å². The van der Waals surface area contributed by atoms with Crippen LogP contribution in [-0.4, -0.2) is 19.9 Å². The highest BCUT2D eigenvalue weighted by molar-refractivity contribution is 4.64. The number of hydrogen-bond acceptors (Lipinski definition) is 2. The molecular weight excluding hydrogens is 114 g/mol. The molecule has 2 nitrogen and oxygen atoms in total. The summed E-state index contributed by atoms with van der Waals surface area (Å²) < 4.78 is 5.39. The van der Waals surface area contributed by atoms with Crippen LogP contribution in [0.1, 0.15) is 19.8 Å². The zero-order valence-corrected chi connectivity index (χ0v) is 6.18. The van der Waals surface area contributed by atoms with E-state index >= 15 is 0 Å². The highest BCUT2D eigenvalue weighted by Gasteiger charge is 2.16. The molecule has 1 aliphatic heterocycles. The third-order valence-corrected chi connectivity index (χ3v) is 1.87. The summed E-state index contributed by atoms with van der Waals surface area (Å²) in [6, 6.07) is 0. The fraction of sp³-hybridized carbons (Fsp3) is 1.00. The number of rotatable bonds is 1. The van der Waals surface area contributed by atoms with E-state index in [9.17, 15) is 0 Å². The van der Waals surface area contributed by atoms with Crippen molar-refractivity contribution in [3.8, 4) is 0 Å². The van der Waals surface area contributed by atoms with E-state index in [0.29, 0.717) is 6.23 Å². The maximum absolute atomic E-state index is 5.39. The Balaban J connectivity index is 2.23. The lowest BCUT2D eigenvalue weighted by molar-refractivity contribution is -0.0201. The van der Waals surface area contributed by atoms with Gasteiger partial charge in [-0.2, -0.15) is 0 Å². The molecule has 1 fully saturated rings. The first kappa shape index (κ1) is 7.03. The Bertz CT molecular complexity index is 85.0. The molecule has 0 spiro atoms. The normalized spacial score (nSPS) is 36.7. The van der Waals surface area contributed by atoms with Gasteiger partial charge in [-0.1, -0.05) is 6.92 Å². The molecule has 0 saturated carbocycles. The van der Waals surface area contributed by atoms with Gasteiger partial charge in [0.05, 0.1) is 0 Å². The molecule has 2 heteroatoms. The Morgan fingerprint density at radius 1 is 1.56 bits per heavy atom. The minimum Gasteiger partial charge on any atom is -0.363 e. The lowest BCUT2D eigenvalue weighted by Crippen LogP contribution is -2.34. The van der Waals surface area contributed by atoms with E-state index < -0.39 is 0 Å². The van der Waals surface area contributed by atoms with Gasteiger partial charge in [-0.15, -0.1) is 0 Å². The van der Waals surface area contributed by atoms with Crippen LogP contribution in [0.3, 0.4) is 0 Å². The van der Waals surface area contributed by atoms with Gasteiger partial charge in [0, 0.05) is 6.61 Å². The van der Waals surface area contributed by atoms with Gasteiger partial charge in [0.15, 0.2) is 0 Å². The number of hydrogen-bond donors (Lipinski definition) is 1. The van der Waals surface area contributed by atoms with Crippen LogP contribution in [0.5, 0.6) is 0 Å². The average molecular weight is 129 g/mol. The van der Waals surface area contributed by atoms with Crippen molar-refractivity contribution in [3.05, 3.63) is 0 Å². The SMILES string of the molecule is CN[C@@H]1C[C@H](C)CCO1.